The number of carbonyl (C=O) groups excluding carboxylic acids is 1. The fourth-order valence-electron chi connectivity index (χ4n) is 0.753. The maximum absolute atomic E-state index is 11.5. The first-order valence-corrected chi connectivity index (χ1v) is 4.02. The van der Waals surface area contributed by atoms with Gasteiger partial charge in [0.15, 0.2) is 6.67 Å². The molecule has 0 rings (SSSR count). The van der Waals surface area contributed by atoms with Gasteiger partial charge in [-0.3, -0.25) is 0 Å². The van der Waals surface area contributed by atoms with Crippen LogP contribution in [0.3, 0.4) is 0 Å². The highest BCUT2D eigenvalue weighted by Crippen LogP contribution is 1.98. The smallest absolute Gasteiger partial charge is 0.337 e. The fraction of sp³-hybridized carbons (Fsp3) is 0.875. The minimum absolute atomic E-state index is 0.364. The molecule has 0 amide bonds. The fourth-order valence-corrected chi connectivity index (χ4v) is 0.753. The number of alkyl halides is 1. The van der Waals surface area contributed by atoms with E-state index in [0.717, 1.165) is 25.7 Å². The summed E-state index contributed by atoms with van der Waals surface area (Å²) >= 11 is 0. The van der Waals surface area contributed by atoms with Gasteiger partial charge in [-0.2, -0.15) is 0 Å². The molecule has 0 aliphatic rings. The van der Waals surface area contributed by atoms with Gasteiger partial charge in [0.1, 0.15) is 0 Å². The summed E-state index contributed by atoms with van der Waals surface area (Å²) in [6.45, 7) is 1.46. The van der Waals surface area contributed by atoms with Crippen LogP contribution < -0.4 is 0 Å². The summed E-state index contributed by atoms with van der Waals surface area (Å²) < 4.78 is 16.0. The lowest BCUT2D eigenvalue weighted by Gasteiger charge is -2.00. The Hall–Kier alpha value is -0.600. The summed E-state index contributed by atoms with van der Waals surface area (Å²) in [5.74, 6) is -0.749. The molecule has 66 valence electrons. The van der Waals surface area contributed by atoms with Crippen LogP contribution in [0.15, 0.2) is 0 Å². The average molecular weight is 162 g/mol. The monoisotopic (exact) mass is 162 g/mol. The number of hydrogen-bond acceptors (Lipinski definition) is 2. The molecule has 0 radical (unpaired) electrons. The quantitative estimate of drug-likeness (QED) is 0.441. The minimum Gasteiger partial charge on any atom is -0.464 e. The Labute approximate surface area is 66.7 Å². The molecular formula is C8H15FO2. The average Bonchev–Trinajstić information content (AvgIpc) is 2.04. The summed E-state index contributed by atoms with van der Waals surface area (Å²) in [7, 11) is 0. The number of rotatable bonds is 6. The van der Waals surface area contributed by atoms with E-state index in [4.69, 9.17) is 0 Å². The summed E-state index contributed by atoms with van der Waals surface area (Å²) in [5.41, 5.74) is 0. The van der Waals surface area contributed by atoms with Crippen LogP contribution in [0.4, 0.5) is 4.39 Å². The molecule has 0 unspecified atom stereocenters. The van der Waals surface area contributed by atoms with Crippen molar-refractivity contribution < 1.29 is 13.9 Å². The highest BCUT2D eigenvalue weighted by molar-refractivity contribution is 5.70. The van der Waals surface area contributed by atoms with Gasteiger partial charge in [-0.25, -0.2) is 9.18 Å². The Bertz CT molecular complexity index is 104. The molecule has 0 aromatic heterocycles. The van der Waals surface area contributed by atoms with Crippen LogP contribution in [-0.4, -0.2) is 19.3 Å². The van der Waals surface area contributed by atoms with Crippen molar-refractivity contribution in [1.82, 2.24) is 0 Å². The Morgan fingerprint density at radius 1 is 1.36 bits per heavy atom. The zero-order valence-corrected chi connectivity index (χ0v) is 6.94. The maximum Gasteiger partial charge on any atom is 0.337 e. The van der Waals surface area contributed by atoms with E-state index < -0.39 is 12.6 Å². The second-order valence-corrected chi connectivity index (χ2v) is 2.41. The van der Waals surface area contributed by atoms with E-state index in [9.17, 15) is 9.18 Å². The zero-order chi connectivity index (χ0) is 8.53. The van der Waals surface area contributed by atoms with Crippen molar-refractivity contribution in [2.75, 3.05) is 13.3 Å². The van der Waals surface area contributed by atoms with Gasteiger partial charge in [0.25, 0.3) is 0 Å². The van der Waals surface area contributed by atoms with Crippen molar-refractivity contribution in [3.63, 3.8) is 0 Å². The molecule has 0 saturated carbocycles. The van der Waals surface area contributed by atoms with E-state index in [-0.39, 0.29) is 0 Å². The predicted molar refractivity (Wildman–Crippen MR) is 41.1 cm³/mol. The molecule has 0 saturated heterocycles. The molecule has 2 nitrogen and oxygen atoms in total. The summed E-state index contributed by atoms with van der Waals surface area (Å²) in [6.07, 6.45) is 4.19. The first-order chi connectivity index (χ1) is 5.31. The second kappa shape index (κ2) is 7.51. The van der Waals surface area contributed by atoms with E-state index >= 15 is 0 Å². The maximum atomic E-state index is 11.5. The largest absolute Gasteiger partial charge is 0.464 e. The first kappa shape index (κ1) is 10.4. The first-order valence-electron chi connectivity index (χ1n) is 4.02. The Kier molecular flexibility index (Phi) is 7.10. The second-order valence-electron chi connectivity index (χ2n) is 2.41. The van der Waals surface area contributed by atoms with Crippen LogP contribution in [0.2, 0.25) is 0 Å². The SMILES string of the molecule is CCCCCCOC(=O)CF. The molecule has 0 spiro atoms. The van der Waals surface area contributed by atoms with Gasteiger partial charge in [0.05, 0.1) is 6.61 Å². The third kappa shape index (κ3) is 7.30. The molecule has 0 heterocycles. The third-order valence-corrected chi connectivity index (χ3v) is 1.37. The number of ether oxygens (including phenoxy) is 1. The normalized spacial score (nSPS) is 9.64. The molecule has 0 bridgehead atoms. The van der Waals surface area contributed by atoms with Gasteiger partial charge in [-0.1, -0.05) is 26.2 Å². The number of unbranched alkanes of at least 4 members (excludes halogenated alkanes) is 3. The number of halogens is 1. The Morgan fingerprint density at radius 2 is 2.09 bits per heavy atom. The lowest BCUT2D eigenvalue weighted by Crippen LogP contribution is -2.07. The lowest BCUT2D eigenvalue weighted by atomic mass is 10.2. The molecule has 0 N–H and O–H groups in total. The van der Waals surface area contributed by atoms with Crippen molar-refractivity contribution in [3.8, 4) is 0 Å². The van der Waals surface area contributed by atoms with E-state index in [1.54, 1.807) is 0 Å². The van der Waals surface area contributed by atoms with E-state index in [1.807, 2.05) is 0 Å². The van der Waals surface area contributed by atoms with Crippen molar-refractivity contribution in [3.05, 3.63) is 0 Å². The number of hydrogen-bond donors (Lipinski definition) is 0. The molecule has 0 aliphatic carbocycles. The van der Waals surface area contributed by atoms with Gasteiger partial charge in [0.2, 0.25) is 0 Å². The van der Waals surface area contributed by atoms with Gasteiger partial charge in [-0.05, 0) is 6.42 Å². The zero-order valence-electron chi connectivity index (χ0n) is 6.94. The summed E-state index contributed by atoms with van der Waals surface area (Å²) in [4.78, 5) is 10.2. The van der Waals surface area contributed by atoms with Crippen LogP contribution in [-0.2, 0) is 9.53 Å². The van der Waals surface area contributed by atoms with Crippen molar-refractivity contribution in [2.24, 2.45) is 0 Å². The number of carbonyl (C=O) groups is 1. The molecule has 3 heteroatoms. The summed E-state index contributed by atoms with van der Waals surface area (Å²) in [5, 5.41) is 0. The van der Waals surface area contributed by atoms with Crippen molar-refractivity contribution in [1.29, 1.82) is 0 Å². The molecule has 11 heavy (non-hydrogen) atoms. The molecule has 0 fully saturated rings. The van der Waals surface area contributed by atoms with Crippen LogP contribution in [0.25, 0.3) is 0 Å². The van der Waals surface area contributed by atoms with Crippen molar-refractivity contribution in [2.45, 2.75) is 32.6 Å². The standard InChI is InChI=1S/C8H15FO2/c1-2-3-4-5-6-11-8(10)7-9/h2-7H2,1H3. The van der Waals surface area contributed by atoms with Crippen molar-refractivity contribution >= 4 is 5.97 Å². The molecule has 0 aromatic rings. The summed E-state index contributed by atoms with van der Waals surface area (Å²) in [6, 6.07) is 0. The highest BCUT2D eigenvalue weighted by atomic mass is 19.1. The van der Waals surface area contributed by atoms with E-state index in [0.29, 0.717) is 6.61 Å². The molecule has 0 aliphatic heterocycles. The predicted octanol–water partition coefficient (Wildman–Crippen LogP) is 2.08. The van der Waals surface area contributed by atoms with Crippen LogP contribution >= 0.6 is 0 Å². The van der Waals surface area contributed by atoms with Crippen LogP contribution in [0, 0.1) is 0 Å². The highest BCUT2D eigenvalue weighted by Gasteiger charge is 1.98. The Balaban J connectivity index is 2.95. The van der Waals surface area contributed by atoms with Gasteiger partial charge in [0, 0.05) is 0 Å². The Morgan fingerprint density at radius 3 is 2.64 bits per heavy atom. The minimum atomic E-state index is -1.01. The van der Waals surface area contributed by atoms with Gasteiger partial charge >= 0.3 is 5.97 Å². The molecule has 0 aromatic carbocycles. The molecular weight excluding hydrogens is 147 g/mol. The van der Waals surface area contributed by atoms with Crippen LogP contribution in [0.1, 0.15) is 32.6 Å². The van der Waals surface area contributed by atoms with Crippen LogP contribution in [0.5, 0.6) is 0 Å². The van der Waals surface area contributed by atoms with Gasteiger partial charge in [-0.15, -0.1) is 0 Å². The van der Waals surface area contributed by atoms with E-state index in [1.165, 1.54) is 0 Å². The lowest BCUT2D eigenvalue weighted by molar-refractivity contribution is -0.144. The van der Waals surface area contributed by atoms with Gasteiger partial charge < -0.3 is 4.74 Å². The molecule has 0 atom stereocenters. The van der Waals surface area contributed by atoms with E-state index in [2.05, 4.69) is 11.7 Å². The number of esters is 1. The third-order valence-electron chi connectivity index (χ3n) is 1.37. The topological polar surface area (TPSA) is 26.3 Å².